The SMILES string of the molecule is O=C(CSCc1nnnn1C1CCCC1)NCCc1cccs1. The first kappa shape index (κ1) is 16.4. The molecule has 1 fully saturated rings. The zero-order chi connectivity index (χ0) is 15.9. The Morgan fingerprint density at radius 2 is 2.30 bits per heavy atom. The Balaban J connectivity index is 1.36. The van der Waals surface area contributed by atoms with Gasteiger partial charge in [-0.3, -0.25) is 4.79 Å². The Morgan fingerprint density at radius 1 is 1.43 bits per heavy atom. The molecule has 0 aromatic carbocycles. The van der Waals surface area contributed by atoms with E-state index in [-0.39, 0.29) is 5.91 Å². The number of hydrogen-bond donors (Lipinski definition) is 1. The van der Waals surface area contributed by atoms with Crippen LogP contribution in [-0.4, -0.2) is 38.4 Å². The summed E-state index contributed by atoms with van der Waals surface area (Å²) in [6.07, 6.45) is 5.72. The molecule has 0 unspecified atom stereocenters. The van der Waals surface area contributed by atoms with Gasteiger partial charge in [0.05, 0.1) is 17.5 Å². The molecule has 1 aliphatic carbocycles. The predicted octanol–water partition coefficient (Wildman–Crippen LogP) is 2.44. The van der Waals surface area contributed by atoms with Crippen molar-refractivity contribution in [3.8, 4) is 0 Å². The minimum Gasteiger partial charge on any atom is -0.355 e. The lowest BCUT2D eigenvalue weighted by Crippen LogP contribution is -2.27. The summed E-state index contributed by atoms with van der Waals surface area (Å²) >= 11 is 3.29. The monoisotopic (exact) mass is 351 g/mol. The van der Waals surface area contributed by atoms with Gasteiger partial charge in [-0.1, -0.05) is 18.9 Å². The van der Waals surface area contributed by atoms with Crippen LogP contribution in [0, 0.1) is 0 Å². The first-order valence-corrected chi connectivity index (χ1v) is 10.00. The molecule has 0 aliphatic heterocycles. The molecular weight excluding hydrogens is 330 g/mol. The number of amides is 1. The van der Waals surface area contributed by atoms with Gasteiger partial charge >= 0.3 is 0 Å². The Bertz CT molecular complexity index is 607. The van der Waals surface area contributed by atoms with E-state index in [1.807, 2.05) is 10.7 Å². The van der Waals surface area contributed by atoms with E-state index in [2.05, 4.69) is 32.3 Å². The van der Waals surface area contributed by atoms with Gasteiger partial charge in [-0.25, -0.2) is 4.68 Å². The molecule has 0 bridgehead atoms. The lowest BCUT2D eigenvalue weighted by molar-refractivity contribution is -0.118. The van der Waals surface area contributed by atoms with Crippen LogP contribution in [0.4, 0.5) is 0 Å². The summed E-state index contributed by atoms with van der Waals surface area (Å²) in [4.78, 5) is 13.2. The Hall–Kier alpha value is -1.41. The van der Waals surface area contributed by atoms with E-state index in [0.29, 0.717) is 24.1 Å². The highest BCUT2D eigenvalue weighted by atomic mass is 32.2. The Morgan fingerprint density at radius 3 is 3.09 bits per heavy atom. The van der Waals surface area contributed by atoms with Crippen molar-refractivity contribution in [3.05, 3.63) is 28.2 Å². The van der Waals surface area contributed by atoms with Gasteiger partial charge in [0.25, 0.3) is 0 Å². The molecule has 2 heterocycles. The molecule has 0 saturated heterocycles. The van der Waals surface area contributed by atoms with Crippen LogP contribution in [0.15, 0.2) is 17.5 Å². The number of hydrogen-bond acceptors (Lipinski definition) is 6. The Kier molecular flexibility index (Phi) is 6.04. The van der Waals surface area contributed by atoms with Crippen LogP contribution in [-0.2, 0) is 17.0 Å². The second-order valence-corrected chi connectivity index (χ2v) is 7.67. The fourth-order valence-electron chi connectivity index (χ4n) is 2.81. The number of nitrogens with one attached hydrogen (secondary N) is 1. The molecule has 1 aliphatic rings. The number of tetrazole rings is 1. The largest absolute Gasteiger partial charge is 0.355 e. The Labute approximate surface area is 144 Å². The number of carbonyl (C=O) groups is 1. The molecule has 0 radical (unpaired) electrons. The molecule has 0 atom stereocenters. The number of thioether (sulfide) groups is 1. The first-order valence-electron chi connectivity index (χ1n) is 7.96. The lowest BCUT2D eigenvalue weighted by Gasteiger charge is -2.11. The van der Waals surface area contributed by atoms with E-state index < -0.39 is 0 Å². The van der Waals surface area contributed by atoms with E-state index in [4.69, 9.17) is 0 Å². The number of thiophene rings is 1. The molecule has 1 amide bonds. The van der Waals surface area contributed by atoms with Crippen molar-refractivity contribution in [2.45, 2.75) is 43.9 Å². The average molecular weight is 352 g/mol. The predicted molar refractivity (Wildman–Crippen MR) is 92.5 cm³/mol. The minimum absolute atomic E-state index is 0.0754. The van der Waals surface area contributed by atoms with Crippen molar-refractivity contribution in [1.82, 2.24) is 25.5 Å². The highest BCUT2D eigenvalue weighted by Gasteiger charge is 2.21. The standard InChI is InChI=1S/C15H21N5OS2/c21-15(16-8-7-13-6-3-9-23-13)11-22-10-14-17-18-19-20(14)12-4-1-2-5-12/h3,6,9,12H,1-2,4-5,7-8,10-11H2,(H,16,21). The van der Waals surface area contributed by atoms with Gasteiger partial charge in [-0.2, -0.15) is 0 Å². The third-order valence-electron chi connectivity index (χ3n) is 3.97. The maximum atomic E-state index is 11.9. The number of aromatic nitrogens is 4. The van der Waals surface area contributed by atoms with Crippen LogP contribution in [0.1, 0.15) is 42.4 Å². The van der Waals surface area contributed by atoms with Gasteiger partial charge in [0, 0.05) is 11.4 Å². The summed E-state index contributed by atoms with van der Waals surface area (Å²) in [5.74, 6) is 2.09. The summed E-state index contributed by atoms with van der Waals surface area (Å²) in [5.41, 5.74) is 0. The van der Waals surface area contributed by atoms with Crippen LogP contribution in [0.25, 0.3) is 0 Å². The smallest absolute Gasteiger partial charge is 0.230 e. The number of carbonyl (C=O) groups excluding carboxylic acids is 1. The summed E-state index contributed by atoms with van der Waals surface area (Å²) in [7, 11) is 0. The maximum Gasteiger partial charge on any atom is 0.230 e. The lowest BCUT2D eigenvalue weighted by atomic mass is 10.2. The number of rotatable bonds is 8. The van der Waals surface area contributed by atoms with Crippen molar-refractivity contribution in [2.75, 3.05) is 12.3 Å². The van der Waals surface area contributed by atoms with Crippen molar-refractivity contribution >= 4 is 29.0 Å². The molecule has 124 valence electrons. The second-order valence-electron chi connectivity index (χ2n) is 5.65. The number of nitrogens with zero attached hydrogens (tertiary/aromatic N) is 4. The minimum atomic E-state index is 0.0754. The fourth-order valence-corrected chi connectivity index (χ4v) is 4.28. The third-order valence-corrected chi connectivity index (χ3v) is 5.83. The maximum absolute atomic E-state index is 11.9. The van der Waals surface area contributed by atoms with E-state index >= 15 is 0 Å². The zero-order valence-electron chi connectivity index (χ0n) is 13.0. The molecule has 6 nitrogen and oxygen atoms in total. The summed E-state index contributed by atoms with van der Waals surface area (Å²) in [5, 5.41) is 17.0. The third kappa shape index (κ3) is 4.78. The second kappa shape index (κ2) is 8.44. The van der Waals surface area contributed by atoms with Crippen LogP contribution in [0.2, 0.25) is 0 Å². The van der Waals surface area contributed by atoms with Crippen LogP contribution < -0.4 is 5.32 Å². The van der Waals surface area contributed by atoms with Crippen molar-refractivity contribution < 1.29 is 4.79 Å². The molecule has 2 aromatic rings. The van der Waals surface area contributed by atoms with E-state index in [1.54, 1.807) is 23.1 Å². The quantitative estimate of drug-likeness (QED) is 0.791. The van der Waals surface area contributed by atoms with Crippen LogP contribution in [0.3, 0.4) is 0 Å². The van der Waals surface area contributed by atoms with E-state index in [0.717, 1.165) is 25.1 Å². The summed E-state index contributed by atoms with van der Waals surface area (Å²) < 4.78 is 1.95. The highest BCUT2D eigenvalue weighted by molar-refractivity contribution is 7.99. The van der Waals surface area contributed by atoms with Gasteiger partial charge in [0.2, 0.25) is 5.91 Å². The average Bonchev–Trinajstić information content (AvgIpc) is 3.29. The zero-order valence-corrected chi connectivity index (χ0v) is 14.6. The van der Waals surface area contributed by atoms with E-state index in [9.17, 15) is 4.79 Å². The van der Waals surface area contributed by atoms with Crippen molar-refractivity contribution in [2.24, 2.45) is 0 Å². The van der Waals surface area contributed by atoms with Crippen LogP contribution in [0.5, 0.6) is 0 Å². The summed E-state index contributed by atoms with van der Waals surface area (Å²) in [6, 6.07) is 4.57. The highest BCUT2D eigenvalue weighted by Crippen LogP contribution is 2.29. The van der Waals surface area contributed by atoms with Crippen LogP contribution >= 0.6 is 23.1 Å². The summed E-state index contributed by atoms with van der Waals surface area (Å²) in [6.45, 7) is 0.694. The van der Waals surface area contributed by atoms with Gasteiger partial charge in [0.15, 0.2) is 5.82 Å². The van der Waals surface area contributed by atoms with Gasteiger partial charge in [-0.15, -0.1) is 28.2 Å². The molecule has 1 saturated carbocycles. The molecule has 1 N–H and O–H groups in total. The molecule has 3 rings (SSSR count). The van der Waals surface area contributed by atoms with E-state index in [1.165, 1.54) is 17.7 Å². The first-order chi connectivity index (χ1) is 11.3. The fraction of sp³-hybridized carbons (Fsp3) is 0.600. The molecule has 0 spiro atoms. The van der Waals surface area contributed by atoms with Gasteiger partial charge in [-0.05, 0) is 41.1 Å². The van der Waals surface area contributed by atoms with Crippen molar-refractivity contribution in [3.63, 3.8) is 0 Å². The molecule has 8 heteroatoms. The molecule has 23 heavy (non-hydrogen) atoms. The normalized spacial score (nSPS) is 15.1. The molecular formula is C15H21N5OS2. The van der Waals surface area contributed by atoms with Gasteiger partial charge in [0.1, 0.15) is 0 Å². The molecule has 2 aromatic heterocycles. The van der Waals surface area contributed by atoms with Gasteiger partial charge < -0.3 is 5.32 Å². The van der Waals surface area contributed by atoms with Crippen molar-refractivity contribution in [1.29, 1.82) is 0 Å². The topological polar surface area (TPSA) is 72.7 Å².